The third-order valence-corrected chi connectivity index (χ3v) is 3.18. The Hall–Kier alpha value is -1.83. The maximum Gasteiger partial charge on any atom is 0.414 e. The Morgan fingerprint density at radius 1 is 1.20 bits per heavy atom. The van der Waals surface area contributed by atoms with E-state index >= 15 is 0 Å². The molecule has 3 aliphatic rings. The van der Waals surface area contributed by atoms with Gasteiger partial charge in [-0.05, 0) is 33.1 Å². The molecular weight excluding hydrogens is 268 g/mol. The Bertz CT molecular complexity index is 405. The molecule has 2 heterocycles. The van der Waals surface area contributed by atoms with Crippen LogP contribution in [0.15, 0.2) is 0 Å². The first-order valence-corrected chi connectivity index (χ1v) is 6.24. The van der Waals surface area contributed by atoms with Gasteiger partial charge in [-0.3, -0.25) is 0 Å². The lowest BCUT2D eigenvalue weighted by molar-refractivity contribution is -0.159. The summed E-state index contributed by atoms with van der Waals surface area (Å²) < 4.78 is 5.30. The van der Waals surface area contributed by atoms with Crippen LogP contribution >= 0.6 is 0 Å². The molecule has 8 heteroatoms. The molecule has 1 saturated carbocycles. The molecule has 20 heavy (non-hydrogen) atoms. The number of ether oxygens (including phenoxy) is 1. The summed E-state index contributed by atoms with van der Waals surface area (Å²) >= 11 is 0. The molecule has 0 radical (unpaired) electrons. The van der Waals surface area contributed by atoms with Crippen LogP contribution in [0.25, 0.3) is 0 Å². The minimum atomic E-state index is -1.82. The van der Waals surface area contributed by atoms with Crippen LogP contribution in [0, 0.1) is 5.92 Å². The van der Waals surface area contributed by atoms with Gasteiger partial charge in [-0.1, -0.05) is 0 Å². The molecule has 3 atom stereocenters. The fourth-order valence-corrected chi connectivity index (χ4v) is 2.19. The first-order valence-electron chi connectivity index (χ1n) is 6.24. The molecule has 2 aliphatic heterocycles. The quantitative estimate of drug-likeness (QED) is 0.539. The number of carbonyl (C=O) groups excluding carboxylic acids is 1. The summed E-state index contributed by atoms with van der Waals surface area (Å²) in [5.41, 5.74) is 5.46. The van der Waals surface area contributed by atoms with E-state index in [1.54, 1.807) is 4.90 Å². The number of hydrogen-bond acceptors (Lipinski definition) is 5. The minimum absolute atomic E-state index is 0.183. The SMILES string of the molecule is CC(C)(C)OC(=O)N1C[C@H]2C[C@@H]1[C@H]2N.O=C(O)C(=O)O. The summed E-state index contributed by atoms with van der Waals surface area (Å²) in [4.78, 5) is 31.7. The van der Waals surface area contributed by atoms with Gasteiger partial charge in [0.1, 0.15) is 5.60 Å². The summed E-state index contributed by atoms with van der Waals surface area (Å²) in [5.74, 6) is -3.14. The average Bonchev–Trinajstić information content (AvgIpc) is 2.84. The van der Waals surface area contributed by atoms with Gasteiger partial charge in [-0.15, -0.1) is 0 Å². The third-order valence-electron chi connectivity index (χ3n) is 3.18. The van der Waals surface area contributed by atoms with Gasteiger partial charge in [0.05, 0.1) is 6.04 Å². The lowest BCUT2D eigenvalue weighted by Gasteiger charge is -2.33. The van der Waals surface area contributed by atoms with E-state index in [0.717, 1.165) is 13.0 Å². The van der Waals surface area contributed by atoms with E-state index in [9.17, 15) is 4.79 Å². The van der Waals surface area contributed by atoms with E-state index in [4.69, 9.17) is 30.3 Å². The Kier molecular flexibility index (Phi) is 4.59. The molecule has 2 saturated heterocycles. The molecule has 0 aromatic rings. The van der Waals surface area contributed by atoms with Gasteiger partial charge < -0.3 is 25.6 Å². The Balaban J connectivity index is 0.000000286. The van der Waals surface area contributed by atoms with E-state index in [1.807, 2.05) is 20.8 Å². The first-order chi connectivity index (χ1) is 9.03. The number of carboxylic acid groups (broad SMARTS) is 2. The van der Waals surface area contributed by atoms with Crippen molar-refractivity contribution >= 4 is 18.0 Å². The number of nitrogens with two attached hydrogens (primary N) is 1. The lowest BCUT2D eigenvalue weighted by Crippen LogP contribution is -2.51. The second-order valence-corrected chi connectivity index (χ2v) is 5.88. The van der Waals surface area contributed by atoms with Crippen molar-refractivity contribution in [3.63, 3.8) is 0 Å². The maximum absolute atomic E-state index is 11.7. The third kappa shape index (κ3) is 3.83. The fraction of sp³-hybridized carbons (Fsp3) is 0.750. The Labute approximate surface area is 116 Å². The van der Waals surface area contributed by atoms with Crippen molar-refractivity contribution in [2.45, 2.75) is 44.9 Å². The molecular formula is C12H20N2O6. The zero-order valence-corrected chi connectivity index (χ0v) is 11.7. The van der Waals surface area contributed by atoms with Gasteiger partial charge in [-0.25, -0.2) is 14.4 Å². The van der Waals surface area contributed by atoms with Crippen LogP contribution in [0.3, 0.4) is 0 Å². The van der Waals surface area contributed by atoms with Crippen molar-refractivity contribution in [2.75, 3.05) is 6.54 Å². The van der Waals surface area contributed by atoms with Gasteiger partial charge in [0.2, 0.25) is 0 Å². The van der Waals surface area contributed by atoms with Crippen molar-refractivity contribution in [3.05, 3.63) is 0 Å². The van der Waals surface area contributed by atoms with Gasteiger partial charge in [0, 0.05) is 12.6 Å². The summed E-state index contributed by atoms with van der Waals surface area (Å²) in [6, 6.07) is 0.414. The van der Waals surface area contributed by atoms with Crippen molar-refractivity contribution < 1.29 is 29.3 Å². The van der Waals surface area contributed by atoms with Crippen LogP contribution in [-0.2, 0) is 14.3 Å². The molecule has 0 aromatic heterocycles. The molecule has 0 unspecified atom stereocenters. The number of nitrogens with zero attached hydrogens (tertiary/aromatic N) is 1. The van der Waals surface area contributed by atoms with Gasteiger partial charge >= 0.3 is 18.0 Å². The van der Waals surface area contributed by atoms with E-state index in [1.165, 1.54) is 0 Å². The van der Waals surface area contributed by atoms with E-state index < -0.39 is 17.5 Å². The van der Waals surface area contributed by atoms with Crippen LogP contribution in [0.2, 0.25) is 0 Å². The monoisotopic (exact) mass is 288 g/mol. The molecule has 2 bridgehead atoms. The second-order valence-electron chi connectivity index (χ2n) is 5.88. The van der Waals surface area contributed by atoms with E-state index in [0.29, 0.717) is 5.92 Å². The number of rotatable bonds is 0. The van der Waals surface area contributed by atoms with Gasteiger partial charge in [-0.2, -0.15) is 0 Å². The Morgan fingerprint density at radius 2 is 1.70 bits per heavy atom. The standard InChI is InChI=1S/C10H18N2O2.C2H2O4/c1-10(2,3)14-9(13)12-5-6-4-7(12)8(6)11;3-1(4)2(5)6/h6-8H,4-5,11H2,1-3H3;(H,3,4)(H,5,6)/t6-,7-,8+;/m1./s1. The summed E-state index contributed by atoms with van der Waals surface area (Å²) in [7, 11) is 0. The van der Waals surface area contributed by atoms with E-state index in [-0.39, 0.29) is 18.2 Å². The summed E-state index contributed by atoms with van der Waals surface area (Å²) in [6.07, 6.45) is 0.846. The minimum Gasteiger partial charge on any atom is -0.473 e. The van der Waals surface area contributed by atoms with Crippen LogP contribution in [0.1, 0.15) is 27.2 Å². The van der Waals surface area contributed by atoms with Crippen LogP contribution in [-0.4, -0.2) is 57.4 Å². The predicted molar refractivity (Wildman–Crippen MR) is 68.1 cm³/mol. The van der Waals surface area contributed by atoms with Crippen molar-refractivity contribution in [1.82, 2.24) is 4.90 Å². The highest BCUT2D eigenvalue weighted by Crippen LogP contribution is 2.40. The highest BCUT2D eigenvalue weighted by Gasteiger charge is 2.52. The molecule has 114 valence electrons. The van der Waals surface area contributed by atoms with Crippen molar-refractivity contribution in [1.29, 1.82) is 0 Å². The highest BCUT2D eigenvalue weighted by molar-refractivity contribution is 6.27. The fourth-order valence-electron chi connectivity index (χ4n) is 2.19. The maximum atomic E-state index is 11.7. The number of carboxylic acids is 2. The number of fused-ring (bicyclic) bond motifs is 1. The number of aliphatic carboxylic acids is 2. The molecule has 1 amide bonds. The van der Waals surface area contributed by atoms with Gasteiger partial charge in [0.15, 0.2) is 0 Å². The predicted octanol–water partition coefficient (Wildman–Crippen LogP) is 0.109. The lowest BCUT2D eigenvalue weighted by atomic mass is 9.81. The smallest absolute Gasteiger partial charge is 0.414 e. The molecule has 1 aliphatic carbocycles. The zero-order valence-electron chi connectivity index (χ0n) is 11.7. The van der Waals surface area contributed by atoms with Crippen LogP contribution in [0.5, 0.6) is 0 Å². The van der Waals surface area contributed by atoms with Crippen molar-refractivity contribution in [3.8, 4) is 0 Å². The topological polar surface area (TPSA) is 130 Å². The normalized spacial score (nSPS) is 27.0. The summed E-state index contributed by atoms with van der Waals surface area (Å²) in [5, 5.41) is 14.8. The van der Waals surface area contributed by atoms with Crippen molar-refractivity contribution in [2.24, 2.45) is 11.7 Å². The molecule has 3 rings (SSSR count). The zero-order chi connectivity index (χ0) is 15.7. The summed E-state index contributed by atoms with van der Waals surface area (Å²) in [6.45, 7) is 6.42. The highest BCUT2D eigenvalue weighted by atomic mass is 16.6. The average molecular weight is 288 g/mol. The second kappa shape index (κ2) is 5.66. The number of carbonyl (C=O) groups is 3. The molecule has 8 nitrogen and oxygen atoms in total. The molecule has 0 spiro atoms. The molecule has 4 N–H and O–H groups in total. The Morgan fingerprint density at radius 3 is 1.95 bits per heavy atom. The molecule has 0 aromatic carbocycles. The molecule has 3 fully saturated rings. The largest absolute Gasteiger partial charge is 0.473 e. The number of hydrogen-bond donors (Lipinski definition) is 3. The van der Waals surface area contributed by atoms with E-state index in [2.05, 4.69) is 0 Å². The van der Waals surface area contributed by atoms with Crippen LogP contribution in [0.4, 0.5) is 4.79 Å². The van der Waals surface area contributed by atoms with Crippen LogP contribution < -0.4 is 5.73 Å². The number of amides is 1. The van der Waals surface area contributed by atoms with Gasteiger partial charge in [0.25, 0.3) is 0 Å². The first kappa shape index (κ1) is 16.2.